The minimum atomic E-state index is -4.32. The van der Waals surface area contributed by atoms with Crippen LogP contribution in [0.3, 0.4) is 0 Å². The third kappa shape index (κ3) is 4.02. The van der Waals surface area contributed by atoms with E-state index in [9.17, 15) is 24.8 Å². The number of aliphatic hydroxyl groups is 3. The highest BCUT2D eigenvalue weighted by Crippen LogP contribution is 2.55. The molecule has 6 atom stereocenters. The molecule has 0 saturated carbocycles. The number of ether oxygens (including phenoxy) is 1. The van der Waals surface area contributed by atoms with Crippen molar-refractivity contribution >= 4 is 24.6 Å². The Morgan fingerprint density at radius 3 is 2.66 bits per heavy atom. The highest BCUT2D eigenvalue weighted by Gasteiger charge is 2.47. The van der Waals surface area contributed by atoms with Crippen molar-refractivity contribution in [2.45, 2.75) is 70.1 Å². The van der Waals surface area contributed by atoms with Gasteiger partial charge in [0.1, 0.15) is 24.4 Å². The minimum Gasteiger partial charge on any atom is -0.388 e. The first-order chi connectivity index (χ1) is 13.3. The van der Waals surface area contributed by atoms with E-state index in [2.05, 4.69) is 15.0 Å². The molecule has 1 fully saturated rings. The van der Waals surface area contributed by atoms with Gasteiger partial charge in [0.15, 0.2) is 28.6 Å². The Bertz CT molecular complexity index is 946. The molecule has 3 rings (SSSR count). The van der Waals surface area contributed by atoms with Crippen LogP contribution in [0.15, 0.2) is 6.33 Å². The number of hydrogen-bond acceptors (Lipinski definition) is 10. The predicted octanol–water partition coefficient (Wildman–Crippen LogP) is 0.0451. The van der Waals surface area contributed by atoms with Crippen LogP contribution in [0.2, 0.25) is 0 Å². The summed E-state index contributed by atoms with van der Waals surface area (Å²) in [4.78, 5) is 22.2. The summed E-state index contributed by atoms with van der Waals surface area (Å²) in [7, 11) is -4.32. The molecule has 1 aliphatic rings. The molecular formula is C16H26N5O7P. The second-order valence-corrected chi connectivity index (χ2v) is 10.0. The topological polar surface area (TPSA) is 186 Å². The van der Waals surface area contributed by atoms with E-state index in [-0.39, 0.29) is 12.2 Å². The summed E-state index contributed by atoms with van der Waals surface area (Å²) < 4.78 is 24.6. The SMILES string of the molecule is Cc1nc2c(N)ncnc2n1[C@@H]1OC(CC(C)OP(=O)(O)C(C)(C)O)C(O)[C@H]1O. The van der Waals surface area contributed by atoms with Crippen molar-refractivity contribution in [3.8, 4) is 0 Å². The van der Waals surface area contributed by atoms with Crippen LogP contribution < -0.4 is 5.73 Å². The lowest BCUT2D eigenvalue weighted by Gasteiger charge is -2.28. The molecule has 0 aromatic carbocycles. The van der Waals surface area contributed by atoms with Gasteiger partial charge in [0, 0.05) is 6.42 Å². The van der Waals surface area contributed by atoms with Gasteiger partial charge in [-0.25, -0.2) is 15.0 Å². The number of anilines is 1. The molecule has 2 aromatic heterocycles. The fraction of sp³-hybridized carbons (Fsp3) is 0.688. The second-order valence-electron chi connectivity index (χ2n) is 7.67. The van der Waals surface area contributed by atoms with Gasteiger partial charge in [-0.15, -0.1) is 0 Å². The van der Waals surface area contributed by atoms with Crippen LogP contribution in [-0.4, -0.2) is 69.5 Å². The molecule has 1 saturated heterocycles. The van der Waals surface area contributed by atoms with Crippen molar-refractivity contribution < 1.29 is 34.0 Å². The maximum absolute atomic E-state index is 12.1. The van der Waals surface area contributed by atoms with Crippen molar-refractivity contribution in [2.75, 3.05) is 5.73 Å². The average Bonchev–Trinajstić information content (AvgIpc) is 3.05. The first-order valence-corrected chi connectivity index (χ1v) is 10.6. The normalized spacial score (nSPS) is 28.6. The molecular weight excluding hydrogens is 405 g/mol. The molecule has 4 unspecified atom stereocenters. The third-order valence-electron chi connectivity index (χ3n) is 4.85. The maximum Gasteiger partial charge on any atom is 0.359 e. The molecule has 162 valence electrons. The highest BCUT2D eigenvalue weighted by atomic mass is 31.2. The van der Waals surface area contributed by atoms with E-state index in [4.69, 9.17) is 15.0 Å². The number of aryl methyl sites for hydroxylation is 1. The molecule has 29 heavy (non-hydrogen) atoms. The van der Waals surface area contributed by atoms with Gasteiger partial charge in [-0.1, -0.05) is 0 Å². The summed E-state index contributed by atoms with van der Waals surface area (Å²) in [6.45, 7) is 5.52. The predicted molar refractivity (Wildman–Crippen MR) is 102 cm³/mol. The summed E-state index contributed by atoms with van der Waals surface area (Å²) >= 11 is 0. The molecule has 0 bridgehead atoms. The largest absolute Gasteiger partial charge is 0.388 e. The minimum absolute atomic E-state index is 0.00183. The zero-order valence-corrected chi connectivity index (χ0v) is 17.4. The number of rotatable bonds is 6. The zero-order chi connectivity index (χ0) is 21.7. The Labute approximate surface area is 166 Å². The highest BCUT2D eigenvalue weighted by molar-refractivity contribution is 7.54. The van der Waals surface area contributed by atoms with Gasteiger partial charge in [0.05, 0.1) is 12.2 Å². The maximum atomic E-state index is 12.1. The fourth-order valence-electron chi connectivity index (χ4n) is 3.22. The van der Waals surface area contributed by atoms with Crippen LogP contribution >= 0.6 is 7.60 Å². The fourth-order valence-corrected chi connectivity index (χ4v) is 4.05. The molecule has 12 nitrogen and oxygen atoms in total. The smallest absolute Gasteiger partial charge is 0.359 e. The van der Waals surface area contributed by atoms with Crippen LogP contribution in [0.25, 0.3) is 11.2 Å². The van der Waals surface area contributed by atoms with Crippen molar-refractivity contribution in [1.82, 2.24) is 19.5 Å². The average molecular weight is 431 g/mol. The molecule has 3 heterocycles. The monoisotopic (exact) mass is 431 g/mol. The second kappa shape index (κ2) is 7.55. The number of aliphatic hydroxyl groups excluding tert-OH is 2. The Balaban J connectivity index is 1.80. The van der Waals surface area contributed by atoms with Crippen LogP contribution in [0, 0.1) is 6.92 Å². The van der Waals surface area contributed by atoms with Crippen molar-refractivity contribution in [3.63, 3.8) is 0 Å². The number of fused-ring (bicyclic) bond motifs is 1. The molecule has 6 N–H and O–H groups in total. The molecule has 0 aliphatic carbocycles. The van der Waals surface area contributed by atoms with E-state index in [1.165, 1.54) is 31.7 Å². The van der Waals surface area contributed by atoms with E-state index in [1.807, 2.05) is 0 Å². The van der Waals surface area contributed by atoms with E-state index in [1.54, 1.807) is 6.92 Å². The summed E-state index contributed by atoms with van der Waals surface area (Å²) in [6, 6.07) is 0. The summed E-state index contributed by atoms with van der Waals surface area (Å²) in [5, 5.41) is 28.8. The number of aromatic nitrogens is 4. The van der Waals surface area contributed by atoms with Crippen molar-refractivity contribution in [1.29, 1.82) is 0 Å². The summed E-state index contributed by atoms with van der Waals surface area (Å²) in [5.41, 5.74) is 6.51. The first kappa shape index (κ1) is 22.0. The molecule has 2 aromatic rings. The number of imidazole rings is 1. The van der Waals surface area contributed by atoms with Gasteiger partial charge >= 0.3 is 7.60 Å². The van der Waals surface area contributed by atoms with Gasteiger partial charge in [-0.2, -0.15) is 0 Å². The van der Waals surface area contributed by atoms with Gasteiger partial charge in [0.2, 0.25) is 0 Å². The quantitative estimate of drug-likeness (QED) is 0.389. The van der Waals surface area contributed by atoms with Crippen LogP contribution in [-0.2, 0) is 13.8 Å². The Morgan fingerprint density at radius 2 is 2.03 bits per heavy atom. The zero-order valence-electron chi connectivity index (χ0n) is 16.5. The molecule has 0 amide bonds. The number of hydrogen-bond donors (Lipinski definition) is 5. The lowest BCUT2D eigenvalue weighted by Crippen LogP contribution is -2.34. The Morgan fingerprint density at radius 1 is 1.38 bits per heavy atom. The Kier molecular flexibility index (Phi) is 5.73. The van der Waals surface area contributed by atoms with E-state index in [0.717, 1.165) is 0 Å². The number of nitrogens with two attached hydrogens (primary N) is 1. The van der Waals surface area contributed by atoms with Gasteiger partial charge in [0.25, 0.3) is 0 Å². The van der Waals surface area contributed by atoms with Crippen molar-refractivity contribution in [3.05, 3.63) is 12.2 Å². The van der Waals surface area contributed by atoms with E-state index in [0.29, 0.717) is 17.0 Å². The number of nitrogen functional groups attached to an aromatic ring is 1. The molecule has 1 aliphatic heterocycles. The lowest BCUT2D eigenvalue weighted by atomic mass is 10.1. The standard InChI is InChI=1S/C16H26N5O7P/c1-7(28-29(25,26)16(3,4)24)5-9-11(22)12(23)15(27-9)21-8(2)20-10-13(17)18-6-19-14(10)21/h6-7,9,11-12,15,22-24H,5H2,1-4H3,(H,25,26)(H2,17,18,19)/t7?,9?,11?,12-,15-/m1/s1. The summed E-state index contributed by atoms with van der Waals surface area (Å²) in [5.74, 6) is 0.629. The number of nitrogens with zero attached hydrogens (tertiary/aromatic N) is 4. The third-order valence-corrected chi connectivity index (χ3v) is 6.88. The Hall–Kier alpha value is -1.66. The lowest BCUT2D eigenvalue weighted by molar-refractivity contribution is -0.0477. The van der Waals surface area contributed by atoms with Crippen LogP contribution in [0.1, 0.15) is 39.2 Å². The van der Waals surface area contributed by atoms with E-state index >= 15 is 0 Å². The first-order valence-electron chi connectivity index (χ1n) is 9.03. The van der Waals surface area contributed by atoms with Crippen molar-refractivity contribution in [2.24, 2.45) is 0 Å². The van der Waals surface area contributed by atoms with Crippen LogP contribution in [0.4, 0.5) is 5.82 Å². The molecule has 0 radical (unpaired) electrons. The molecule has 0 spiro atoms. The van der Waals surface area contributed by atoms with Crippen LogP contribution in [0.5, 0.6) is 0 Å². The summed E-state index contributed by atoms with van der Waals surface area (Å²) in [6.07, 6.45) is -4.09. The van der Waals surface area contributed by atoms with Gasteiger partial charge in [-0.3, -0.25) is 9.13 Å². The molecule has 13 heteroatoms. The van der Waals surface area contributed by atoms with Gasteiger partial charge in [-0.05, 0) is 27.7 Å². The van der Waals surface area contributed by atoms with Gasteiger partial charge < -0.3 is 35.2 Å². The van der Waals surface area contributed by atoms with E-state index < -0.39 is 43.6 Å².